The average Bonchev–Trinajstić information content (AvgIpc) is 2.43. The zero-order chi connectivity index (χ0) is 14.1. The van der Waals surface area contributed by atoms with E-state index >= 15 is 0 Å². The van der Waals surface area contributed by atoms with E-state index in [-0.39, 0.29) is 16.8 Å². The second-order valence-corrected chi connectivity index (χ2v) is 5.02. The molecule has 0 saturated carbocycles. The van der Waals surface area contributed by atoms with E-state index in [4.69, 9.17) is 16.3 Å². The van der Waals surface area contributed by atoms with Crippen LogP contribution in [0.3, 0.4) is 0 Å². The van der Waals surface area contributed by atoms with Crippen LogP contribution in [-0.4, -0.2) is 6.61 Å². The zero-order valence-electron chi connectivity index (χ0n) is 10.5. The first kappa shape index (κ1) is 13.2. The molecule has 1 atom stereocenters. The number of benzene rings is 2. The van der Waals surface area contributed by atoms with Crippen molar-refractivity contribution in [3.63, 3.8) is 0 Å². The second kappa shape index (κ2) is 5.29. The van der Waals surface area contributed by atoms with Gasteiger partial charge < -0.3 is 10.1 Å². The average molecular weight is 296 g/mol. The summed E-state index contributed by atoms with van der Waals surface area (Å²) >= 11 is 5.91. The molecular formula is C15H12ClF2NO. The summed E-state index contributed by atoms with van der Waals surface area (Å²) in [6.07, 6.45) is 0.685. The van der Waals surface area contributed by atoms with Crippen LogP contribution in [0.15, 0.2) is 36.4 Å². The molecule has 0 fully saturated rings. The smallest absolute Gasteiger partial charge is 0.150 e. The summed E-state index contributed by atoms with van der Waals surface area (Å²) in [4.78, 5) is 0. The Morgan fingerprint density at radius 1 is 1.20 bits per heavy atom. The highest BCUT2D eigenvalue weighted by atomic mass is 35.5. The molecule has 0 saturated heterocycles. The number of para-hydroxylation sites is 1. The molecule has 0 spiro atoms. The number of hydrogen-bond acceptors (Lipinski definition) is 2. The van der Waals surface area contributed by atoms with Gasteiger partial charge in [-0.25, -0.2) is 8.78 Å². The van der Waals surface area contributed by atoms with E-state index in [2.05, 4.69) is 5.32 Å². The molecule has 0 aliphatic carbocycles. The summed E-state index contributed by atoms with van der Waals surface area (Å²) < 4.78 is 32.4. The lowest BCUT2D eigenvalue weighted by molar-refractivity contribution is 0.274. The number of hydrogen-bond donors (Lipinski definition) is 1. The van der Waals surface area contributed by atoms with Gasteiger partial charge in [0.15, 0.2) is 5.82 Å². The fourth-order valence-electron chi connectivity index (χ4n) is 2.35. The van der Waals surface area contributed by atoms with Gasteiger partial charge in [-0.2, -0.15) is 0 Å². The first-order chi connectivity index (χ1) is 9.65. The summed E-state index contributed by atoms with van der Waals surface area (Å²) in [5.41, 5.74) is 1.06. The van der Waals surface area contributed by atoms with E-state index in [1.54, 1.807) is 0 Å². The van der Waals surface area contributed by atoms with Crippen LogP contribution in [0, 0.1) is 11.6 Å². The van der Waals surface area contributed by atoms with E-state index in [1.807, 2.05) is 24.3 Å². The van der Waals surface area contributed by atoms with Crippen molar-refractivity contribution >= 4 is 17.3 Å². The fraction of sp³-hybridized carbons (Fsp3) is 0.200. The Hall–Kier alpha value is -1.81. The number of rotatable bonds is 2. The van der Waals surface area contributed by atoms with Crippen molar-refractivity contribution in [2.24, 2.45) is 0 Å². The largest absolute Gasteiger partial charge is 0.493 e. The maximum Gasteiger partial charge on any atom is 0.150 e. The van der Waals surface area contributed by atoms with Gasteiger partial charge in [0.1, 0.15) is 11.6 Å². The SMILES string of the molecule is Fc1cc(F)c(NC2CCOc3ccccc32)c(Cl)c1. The third kappa shape index (κ3) is 2.43. The predicted molar refractivity (Wildman–Crippen MR) is 74.3 cm³/mol. The highest BCUT2D eigenvalue weighted by Crippen LogP contribution is 2.36. The van der Waals surface area contributed by atoms with Crippen LogP contribution in [0.25, 0.3) is 0 Å². The maximum atomic E-state index is 13.8. The van der Waals surface area contributed by atoms with Crippen LogP contribution >= 0.6 is 11.6 Å². The minimum atomic E-state index is -0.695. The molecule has 1 N–H and O–H groups in total. The molecule has 0 radical (unpaired) electrons. The van der Waals surface area contributed by atoms with Crippen molar-refractivity contribution < 1.29 is 13.5 Å². The Bertz CT molecular complexity index is 625. The van der Waals surface area contributed by atoms with Gasteiger partial charge in [0, 0.05) is 18.1 Å². The Balaban J connectivity index is 1.94. The minimum Gasteiger partial charge on any atom is -0.493 e. The lowest BCUT2D eigenvalue weighted by Crippen LogP contribution is -2.21. The van der Waals surface area contributed by atoms with Crippen molar-refractivity contribution in [3.8, 4) is 5.75 Å². The van der Waals surface area contributed by atoms with Crippen LogP contribution in [0.4, 0.5) is 14.5 Å². The molecule has 0 aromatic heterocycles. The minimum absolute atomic E-state index is 0.0338. The Labute approximate surface area is 120 Å². The predicted octanol–water partition coefficient (Wildman–Crippen LogP) is 4.55. The molecule has 1 aliphatic heterocycles. The van der Waals surface area contributed by atoms with Crippen LogP contribution in [0.5, 0.6) is 5.75 Å². The summed E-state index contributed by atoms with van der Waals surface area (Å²) in [7, 11) is 0. The van der Waals surface area contributed by atoms with Gasteiger partial charge in [-0.05, 0) is 12.1 Å². The molecule has 2 aromatic rings. The Kier molecular flexibility index (Phi) is 3.49. The number of nitrogens with one attached hydrogen (secondary N) is 1. The van der Waals surface area contributed by atoms with Crippen LogP contribution < -0.4 is 10.1 Å². The van der Waals surface area contributed by atoms with Gasteiger partial charge in [0.05, 0.1) is 23.4 Å². The van der Waals surface area contributed by atoms with Crippen molar-refractivity contribution in [2.45, 2.75) is 12.5 Å². The standard InChI is InChI=1S/C15H12ClF2NO/c16-11-7-9(17)8-12(18)15(11)19-13-5-6-20-14-4-2-1-3-10(13)14/h1-4,7-8,13,19H,5-6H2. The maximum absolute atomic E-state index is 13.8. The third-order valence-corrected chi connectivity index (χ3v) is 3.58. The van der Waals surface area contributed by atoms with E-state index in [1.165, 1.54) is 0 Å². The monoisotopic (exact) mass is 295 g/mol. The molecule has 0 amide bonds. The highest BCUT2D eigenvalue weighted by Gasteiger charge is 2.23. The summed E-state index contributed by atoms with van der Waals surface area (Å²) in [5, 5.41) is 3.08. The van der Waals surface area contributed by atoms with Crippen LogP contribution in [0.1, 0.15) is 18.0 Å². The van der Waals surface area contributed by atoms with Gasteiger partial charge in [-0.3, -0.25) is 0 Å². The van der Waals surface area contributed by atoms with Crippen molar-refractivity contribution in [1.82, 2.24) is 0 Å². The third-order valence-electron chi connectivity index (χ3n) is 3.28. The quantitative estimate of drug-likeness (QED) is 0.877. The zero-order valence-corrected chi connectivity index (χ0v) is 11.3. The van der Waals surface area contributed by atoms with E-state index in [0.29, 0.717) is 13.0 Å². The van der Waals surface area contributed by atoms with E-state index in [9.17, 15) is 8.78 Å². The van der Waals surface area contributed by atoms with Gasteiger partial charge >= 0.3 is 0 Å². The first-order valence-corrected chi connectivity index (χ1v) is 6.66. The second-order valence-electron chi connectivity index (χ2n) is 4.62. The molecule has 20 heavy (non-hydrogen) atoms. The molecule has 1 unspecified atom stereocenters. The molecule has 2 aromatic carbocycles. The van der Waals surface area contributed by atoms with Crippen molar-refractivity contribution in [2.75, 3.05) is 11.9 Å². The molecular weight excluding hydrogens is 284 g/mol. The van der Waals surface area contributed by atoms with Gasteiger partial charge in [-0.15, -0.1) is 0 Å². The number of ether oxygens (including phenoxy) is 1. The molecule has 104 valence electrons. The molecule has 0 bridgehead atoms. The normalized spacial score (nSPS) is 17.2. The van der Waals surface area contributed by atoms with E-state index < -0.39 is 11.6 Å². The van der Waals surface area contributed by atoms with Crippen molar-refractivity contribution in [1.29, 1.82) is 0 Å². The summed E-state index contributed by atoms with van der Waals surface area (Å²) in [6.45, 7) is 0.537. The fourth-order valence-corrected chi connectivity index (χ4v) is 2.60. The number of anilines is 1. The highest BCUT2D eigenvalue weighted by molar-refractivity contribution is 6.33. The van der Waals surface area contributed by atoms with Crippen LogP contribution in [0.2, 0.25) is 5.02 Å². The Morgan fingerprint density at radius 2 is 2.00 bits per heavy atom. The molecule has 1 aliphatic rings. The van der Waals surface area contributed by atoms with Crippen molar-refractivity contribution in [3.05, 3.63) is 58.6 Å². The number of fused-ring (bicyclic) bond motifs is 1. The summed E-state index contributed by atoms with van der Waals surface area (Å²) in [5.74, 6) is -0.612. The Morgan fingerprint density at radius 3 is 2.80 bits per heavy atom. The topological polar surface area (TPSA) is 21.3 Å². The first-order valence-electron chi connectivity index (χ1n) is 6.28. The van der Waals surface area contributed by atoms with Gasteiger partial charge in [0.2, 0.25) is 0 Å². The molecule has 3 rings (SSSR count). The summed E-state index contributed by atoms with van der Waals surface area (Å²) in [6, 6.07) is 9.36. The molecule has 5 heteroatoms. The molecule has 2 nitrogen and oxygen atoms in total. The van der Waals surface area contributed by atoms with Gasteiger partial charge in [-0.1, -0.05) is 29.8 Å². The number of halogens is 3. The van der Waals surface area contributed by atoms with Gasteiger partial charge in [0.25, 0.3) is 0 Å². The molecule has 1 heterocycles. The lowest BCUT2D eigenvalue weighted by atomic mass is 10.0. The van der Waals surface area contributed by atoms with Crippen LogP contribution in [-0.2, 0) is 0 Å². The van der Waals surface area contributed by atoms with E-state index in [0.717, 1.165) is 23.4 Å². The lowest BCUT2D eigenvalue weighted by Gasteiger charge is -2.27.